The lowest BCUT2D eigenvalue weighted by Crippen LogP contribution is -2.55. The third kappa shape index (κ3) is 2.79. The van der Waals surface area contributed by atoms with E-state index in [0.717, 1.165) is 32.1 Å². The molecule has 0 heterocycles. The number of hydrogen-bond donors (Lipinski definition) is 0. The highest BCUT2D eigenvalue weighted by Crippen LogP contribution is 2.68. The molecule has 4 aliphatic carbocycles. The molecule has 3 nitrogen and oxygen atoms in total. The lowest BCUT2D eigenvalue weighted by Gasteiger charge is -2.58. The van der Waals surface area contributed by atoms with Gasteiger partial charge in [-0.25, -0.2) is 8.78 Å². The summed E-state index contributed by atoms with van der Waals surface area (Å²) in [6.07, 6.45) is 5.03. The fraction of sp³-hybridized carbons (Fsp3) is 0.826. The van der Waals surface area contributed by atoms with Gasteiger partial charge in [0.05, 0.1) is 0 Å². The molecular formula is C23H32F2O3. The first-order valence-corrected chi connectivity index (χ1v) is 10.9. The minimum Gasteiger partial charge on any atom is -0.463 e. The van der Waals surface area contributed by atoms with Crippen LogP contribution < -0.4 is 0 Å². The molecule has 7 atom stereocenters. The summed E-state index contributed by atoms with van der Waals surface area (Å²) in [5.41, 5.74) is 0.223. The van der Waals surface area contributed by atoms with E-state index < -0.39 is 17.9 Å². The van der Waals surface area contributed by atoms with Gasteiger partial charge in [0.1, 0.15) is 6.10 Å². The second-order valence-corrected chi connectivity index (χ2v) is 9.92. The van der Waals surface area contributed by atoms with Crippen molar-refractivity contribution in [1.29, 1.82) is 0 Å². The lowest BCUT2D eigenvalue weighted by molar-refractivity contribution is -0.171. The number of hydrogen-bond acceptors (Lipinski definition) is 3. The first-order chi connectivity index (χ1) is 13.2. The molecule has 3 saturated carbocycles. The standard InChI is InChI=1S/C23H32F2O3/c1-13(28-14(2)26)18-6-7-20-17-5-4-15-12-16(27)8-10-22(15,3)19(17)9-11-23(18,20)21(24)25/h12-13,17-21H,4-11H2,1-3H3/t13-,17+,18+,19-,20-,22-,23-/m0/s1. The highest BCUT2D eigenvalue weighted by molar-refractivity contribution is 5.91. The fourth-order valence-electron chi connectivity index (χ4n) is 7.77. The third-order valence-electron chi connectivity index (χ3n) is 8.94. The maximum atomic E-state index is 14.7. The number of ketones is 1. The van der Waals surface area contributed by atoms with E-state index in [1.54, 1.807) is 6.92 Å². The van der Waals surface area contributed by atoms with E-state index in [1.165, 1.54) is 12.5 Å². The highest BCUT2D eigenvalue weighted by Gasteiger charge is 2.65. The van der Waals surface area contributed by atoms with Crippen LogP contribution >= 0.6 is 0 Å². The van der Waals surface area contributed by atoms with Gasteiger partial charge in [0.25, 0.3) is 0 Å². The largest absolute Gasteiger partial charge is 0.463 e. The maximum Gasteiger partial charge on any atom is 0.302 e. The van der Waals surface area contributed by atoms with Gasteiger partial charge in [-0.1, -0.05) is 12.5 Å². The first kappa shape index (κ1) is 20.0. The van der Waals surface area contributed by atoms with Gasteiger partial charge in [-0.15, -0.1) is 0 Å². The number of carbonyl (C=O) groups is 2. The zero-order valence-corrected chi connectivity index (χ0v) is 17.2. The van der Waals surface area contributed by atoms with Gasteiger partial charge in [-0.3, -0.25) is 9.59 Å². The van der Waals surface area contributed by atoms with Crippen LogP contribution in [0.2, 0.25) is 0 Å². The van der Waals surface area contributed by atoms with Crippen LogP contribution in [0.15, 0.2) is 11.6 Å². The van der Waals surface area contributed by atoms with Gasteiger partial charge in [0.15, 0.2) is 5.78 Å². The Balaban J connectivity index is 1.66. The Bertz CT molecular complexity index is 702. The average Bonchev–Trinajstić information content (AvgIpc) is 3.03. The summed E-state index contributed by atoms with van der Waals surface area (Å²) in [5.74, 6) is 0.235. The molecule has 0 aliphatic heterocycles. The molecule has 5 heteroatoms. The molecule has 0 bridgehead atoms. The molecule has 0 aromatic rings. The van der Waals surface area contributed by atoms with Crippen molar-refractivity contribution in [3.63, 3.8) is 0 Å². The Labute approximate surface area is 166 Å². The Morgan fingerprint density at radius 1 is 1.14 bits per heavy atom. The predicted octanol–water partition coefficient (Wildman–Crippen LogP) is 5.33. The Kier molecular flexibility index (Phi) is 4.95. The molecule has 0 unspecified atom stereocenters. The van der Waals surface area contributed by atoms with E-state index in [0.29, 0.717) is 25.2 Å². The van der Waals surface area contributed by atoms with Gasteiger partial charge in [0, 0.05) is 24.7 Å². The SMILES string of the molecule is CC(=O)O[C@@H](C)[C@H]1CC[C@H]2[C@@H]3CCC4=CC(=O)CC[C@]4(C)[C@H]3CC[C@]12C(F)F. The molecule has 156 valence electrons. The summed E-state index contributed by atoms with van der Waals surface area (Å²) in [4.78, 5) is 23.4. The van der Waals surface area contributed by atoms with Crippen molar-refractivity contribution in [3.05, 3.63) is 11.6 Å². The summed E-state index contributed by atoms with van der Waals surface area (Å²) in [6.45, 7) is 5.42. The van der Waals surface area contributed by atoms with Crippen LogP contribution in [0.4, 0.5) is 8.78 Å². The van der Waals surface area contributed by atoms with Crippen LogP contribution in [-0.4, -0.2) is 24.3 Å². The average molecular weight is 395 g/mol. The molecule has 3 fully saturated rings. The van der Waals surface area contributed by atoms with Gasteiger partial charge < -0.3 is 4.74 Å². The number of ether oxygens (including phenoxy) is 1. The number of halogens is 2. The molecule has 0 spiro atoms. The fourth-order valence-corrected chi connectivity index (χ4v) is 7.77. The van der Waals surface area contributed by atoms with Gasteiger partial charge >= 0.3 is 5.97 Å². The molecular weight excluding hydrogens is 362 g/mol. The van der Waals surface area contributed by atoms with E-state index in [-0.39, 0.29) is 34.9 Å². The normalized spacial score (nSPS) is 43.6. The molecule has 0 N–H and O–H groups in total. The maximum absolute atomic E-state index is 14.7. The Morgan fingerprint density at radius 2 is 1.89 bits per heavy atom. The second kappa shape index (κ2) is 6.91. The predicted molar refractivity (Wildman–Crippen MR) is 102 cm³/mol. The number of fused-ring (bicyclic) bond motifs is 5. The van der Waals surface area contributed by atoms with E-state index in [2.05, 4.69) is 6.92 Å². The number of alkyl halides is 2. The van der Waals surface area contributed by atoms with Crippen LogP contribution in [0.3, 0.4) is 0 Å². The minimum absolute atomic E-state index is 0.00902. The minimum atomic E-state index is -2.39. The Morgan fingerprint density at radius 3 is 2.57 bits per heavy atom. The molecule has 0 amide bonds. The summed E-state index contributed by atoms with van der Waals surface area (Å²) in [7, 11) is 0. The quantitative estimate of drug-likeness (QED) is 0.608. The molecule has 0 saturated heterocycles. The van der Waals surface area contributed by atoms with Crippen LogP contribution in [0.5, 0.6) is 0 Å². The molecule has 0 aromatic heterocycles. The van der Waals surface area contributed by atoms with Crippen molar-refractivity contribution >= 4 is 11.8 Å². The van der Waals surface area contributed by atoms with Gasteiger partial charge in [-0.05, 0) is 81.1 Å². The third-order valence-corrected chi connectivity index (χ3v) is 8.94. The zero-order chi connectivity index (χ0) is 20.3. The van der Waals surface area contributed by atoms with Crippen molar-refractivity contribution in [2.24, 2.45) is 34.5 Å². The van der Waals surface area contributed by atoms with E-state index in [4.69, 9.17) is 4.74 Å². The molecule has 0 radical (unpaired) electrons. The monoisotopic (exact) mass is 394 g/mol. The van der Waals surface area contributed by atoms with Crippen molar-refractivity contribution in [2.45, 2.75) is 84.7 Å². The summed E-state index contributed by atoms with van der Waals surface area (Å²) >= 11 is 0. The number of allylic oxidation sites excluding steroid dienone is 1. The van der Waals surface area contributed by atoms with Crippen molar-refractivity contribution < 1.29 is 23.1 Å². The van der Waals surface area contributed by atoms with Crippen molar-refractivity contribution in [2.75, 3.05) is 0 Å². The highest BCUT2D eigenvalue weighted by atomic mass is 19.3. The van der Waals surface area contributed by atoms with Crippen LogP contribution in [0, 0.1) is 34.5 Å². The zero-order valence-electron chi connectivity index (χ0n) is 17.2. The summed E-state index contributed by atoms with van der Waals surface area (Å²) < 4.78 is 34.7. The number of rotatable bonds is 3. The number of carbonyl (C=O) groups excluding carboxylic acids is 2. The molecule has 4 aliphatic rings. The van der Waals surface area contributed by atoms with Crippen LogP contribution in [-0.2, 0) is 14.3 Å². The Hall–Kier alpha value is -1.26. The van der Waals surface area contributed by atoms with Crippen LogP contribution in [0.25, 0.3) is 0 Å². The van der Waals surface area contributed by atoms with E-state index in [9.17, 15) is 18.4 Å². The lowest BCUT2D eigenvalue weighted by atomic mass is 9.46. The van der Waals surface area contributed by atoms with E-state index in [1.807, 2.05) is 6.08 Å². The van der Waals surface area contributed by atoms with E-state index >= 15 is 0 Å². The molecule has 0 aromatic carbocycles. The van der Waals surface area contributed by atoms with Gasteiger partial charge in [-0.2, -0.15) is 0 Å². The summed E-state index contributed by atoms with van der Waals surface area (Å²) in [6, 6.07) is 0. The first-order valence-electron chi connectivity index (χ1n) is 10.9. The smallest absolute Gasteiger partial charge is 0.302 e. The van der Waals surface area contributed by atoms with Crippen molar-refractivity contribution in [1.82, 2.24) is 0 Å². The second-order valence-electron chi connectivity index (χ2n) is 9.92. The molecule has 28 heavy (non-hydrogen) atoms. The van der Waals surface area contributed by atoms with Crippen molar-refractivity contribution in [3.8, 4) is 0 Å². The topological polar surface area (TPSA) is 43.4 Å². The van der Waals surface area contributed by atoms with Gasteiger partial charge in [0.2, 0.25) is 6.43 Å². The summed E-state index contributed by atoms with van der Waals surface area (Å²) in [5, 5.41) is 0. The molecule has 4 rings (SSSR count). The number of esters is 1. The van der Waals surface area contributed by atoms with Crippen LogP contribution in [0.1, 0.15) is 72.1 Å².